The van der Waals surface area contributed by atoms with Gasteiger partial charge in [-0.05, 0) is 46.3 Å². The molecule has 1 aromatic carbocycles. The molecule has 98 valence electrons. The SMILES string of the molecule is ClCc1nc2ccc(Br)cc2n1Cc1ccc(Br)s1. The number of aromatic nitrogens is 2. The summed E-state index contributed by atoms with van der Waals surface area (Å²) in [6, 6.07) is 10.3. The topological polar surface area (TPSA) is 17.8 Å². The van der Waals surface area contributed by atoms with Crippen LogP contribution < -0.4 is 0 Å². The predicted octanol–water partition coefficient (Wildman–Crippen LogP) is 5.41. The Balaban J connectivity index is 2.12. The van der Waals surface area contributed by atoms with E-state index in [1.807, 2.05) is 12.1 Å². The third-order valence-corrected chi connectivity index (χ3v) is 5.19. The Kier molecular flexibility index (Phi) is 3.98. The van der Waals surface area contributed by atoms with E-state index >= 15 is 0 Å². The van der Waals surface area contributed by atoms with Gasteiger partial charge in [0.05, 0.1) is 27.2 Å². The van der Waals surface area contributed by atoms with Gasteiger partial charge < -0.3 is 4.57 Å². The smallest absolute Gasteiger partial charge is 0.125 e. The van der Waals surface area contributed by atoms with Crippen molar-refractivity contribution in [3.63, 3.8) is 0 Å². The lowest BCUT2D eigenvalue weighted by Gasteiger charge is -2.06. The monoisotopic (exact) mass is 418 g/mol. The highest BCUT2D eigenvalue weighted by molar-refractivity contribution is 9.11. The molecule has 0 aliphatic rings. The van der Waals surface area contributed by atoms with Gasteiger partial charge in [0.1, 0.15) is 5.82 Å². The summed E-state index contributed by atoms with van der Waals surface area (Å²) < 4.78 is 4.36. The fourth-order valence-electron chi connectivity index (χ4n) is 2.02. The maximum atomic E-state index is 6.01. The minimum absolute atomic E-state index is 0.416. The van der Waals surface area contributed by atoms with E-state index in [0.29, 0.717) is 5.88 Å². The fraction of sp³-hybridized carbons (Fsp3) is 0.154. The molecule has 19 heavy (non-hydrogen) atoms. The van der Waals surface area contributed by atoms with Crippen molar-refractivity contribution in [3.8, 4) is 0 Å². The van der Waals surface area contributed by atoms with Crippen LogP contribution >= 0.6 is 54.8 Å². The molecule has 2 heterocycles. The average Bonchev–Trinajstić information content (AvgIpc) is 2.94. The Labute approximate surface area is 136 Å². The van der Waals surface area contributed by atoms with E-state index < -0.39 is 0 Å². The molecule has 0 spiro atoms. The minimum atomic E-state index is 0.416. The number of fused-ring (bicyclic) bond motifs is 1. The Morgan fingerprint density at radius 1 is 1.21 bits per heavy atom. The third-order valence-electron chi connectivity index (χ3n) is 2.85. The van der Waals surface area contributed by atoms with Gasteiger partial charge in [-0.25, -0.2) is 4.98 Å². The van der Waals surface area contributed by atoms with Crippen LogP contribution in [0.4, 0.5) is 0 Å². The van der Waals surface area contributed by atoms with E-state index in [1.54, 1.807) is 11.3 Å². The second-order valence-electron chi connectivity index (χ2n) is 4.09. The number of alkyl halides is 1. The summed E-state index contributed by atoms with van der Waals surface area (Å²) in [6.07, 6.45) is 0. The van der Waals surface area contributed by atoms with Crippen molar-refractivity contribution < 1.29 is 0 Å². The predicted molar refractivity (Wildman–Crippen MR) is 88.1 cm³/mol. The summed E-state index contributed by atoms with van der Waals surface area (Å²) in [5, 5.41) is 0. The molecule has 0 aliphatic carbocycles. The van der Waals surface area contributed by atoms with E-state index in [9.17, 15) is 0 Å². The molecular weight excluding hydrogens is 411 g/mol. The molecule has 0 N–H and O–H groups in total. The summed E-state index contributed by atoms with van der Waals surface area (Å²) >= 11 is 14.7. The van der Waals surface area contributed by atoms with Crippen LogP contribution in [0.25, 0.3) is 11.0 Å². The van der Waals surface area contributed by atoms with Crippen molar-refractivity contribution in [2.24, 2.45) is 0 Å². The van der Waals surface area contributed by atoms with Crippen LogP contribution in [-0.2, 0) is 12.4 Å². The highest BCUT2D eigenvalue weighted by Crippen LogP contribution is 2.27. The van der Waals surface area contributed by atoms with Gasteiger partial charge in [0.15, 0.2) is 0 Å². The molecule has 0 saturated heterocycles. The van der Waals surface area contributed by atoms with Crippen LogP contribution in [0, 0.1) is 0 Å². The lowest BCUT2D eigenvalue weighted by Crippen LogP contribution is -2.02. The van der Waals surface area contributed by atoms with E-state index in [4.69, 9.17) is 11.6 Å². The molecule has 0 saturated carbocycles. The van der Waals surface area contributed by atoms with Crippen molar-refractivity contribution >= 4 is 65.8 Å². The Morgan fingerprint density at radius 3 is 2.74 bits per heavy atom. The molecule has 2 aromatic heterocycles. The van der Waals surface area contributed by atoms with Crippen molar-refractivity contribution in [2.45, 2.75) is 12.4 Å². The highest BCUT2D eigenvalue weighted by atomic mass is 79.9. The normalized spacial score (nSPS) is 11.3. The molecular formula is C13H9Br2ClN2S. The minimum Gasteiger partial charge on any atom is -0.322 e. The third kappa shape index (κ3) is 2.75. The van der Waals surface area contributed by atoms with Crippen LogP contribution in [-0.4, -0.2) is 9.55 Å². The molecule has 3 rings (SSSR count). The van der Waals surface area contributed by atoms with E-state index in [-0.39, 0.29) is 0 Å². The first-order valence-electron chi connectivity index (χ1n) is 5.62. The van der Waals surface area contributed by atoms with Gasteiger partial charge >= 0.3 is 0 Å². The largest absolute Gasteiger partial charge is 0.322 e. The molecule has 0 atom stereocenters. The summed E-state index contributed by atoms with van der Waals surface area (Å²) in [4.78, 5) is 5.85. The molecule has 0 bridgehead atoms. The van der Waals surface area contributed by atoms with Gasteiger partial charge in [-0.15, -0.1) is 22.9 Å². The van der Waals surface area contributed by atoms with Gasteiger partial charge in [-0.2, -0.15) is 0 Å². The fourth-order valence-corrected chi connectivity index (χ4v) is 4.04. The first-order valence-corrected chi connectivity index (χ1v) is 8.56. The second-order valence-corrected chi connectivity index (χ2v) is 7.82. The molecule has 0 fully saturated rings. The molecule has 2 nitrogen and oxygen atoms in total. The number of hydrogen-bond acceptors (Lipinski definition) is 2. The zero-order valence-electron chi connectivity index (χ0n) is 9.74. The summed E-state index contributed by atoms with van der Waals surface area (Å²) in [5.74, 6) is 1.32. The first-order chi connectivity index (χ1) is 9.17. The Morgan fingerprint density at radius 2 is 2.05 bits per heavy atom. The zero-order chi connectivity index (χ0) is 13.4. The van der Waals surface area contributed by atoms with Crippen LogP contribution in [0.15, 0.2) is 38.6 Å². The number of imidazole rings is 1. The van der Waals surface area contributed by atoms with Crippen LogP contribution in [0.1, 0.15) is 10.7 Å². The number of rotatable bonds is 3. The van der Waals surface area contributed by atoms with Crippen molar-refractivity contribution in [2.75, 3.05) is 0 Å². The van der Waals surface area contributed by atoms with Gasteiger partial charge in [-0.3, -0.25) is 0 Å². The maximum absolute atomic E-state index is 6.01. The molecule has 0 radical (unpaired) electrons. The molecule has 3 aromatic rings. The van der Waals surface area contributed by atoms with Crippen molar-refractivity contribution in [1.82, 2.24) is 9.55 Å². The van der Waals surface area contributed by atoms with Gasteiger partial charge in [-0.1, -0.05) is 15.9 Å². The van der Waals surface area contributed by atoms with Crippen molar-refractivity contribution in [1.29, 1.82) is 0 Å². The standard InChI is InChI=1S/C13H9Br2ClN2S/c14-8-1-3-10-11(5-8)18(13(6-16)17-10)7-9-2-4-12(15)19-9/h1-5H,6-7H2. The van der Waals surface area contributed by atoms with Gasteiger partial charge in [0, 0.05) is 9.35 Å². The number of thiophene rings is 1. The molecule has 0 aliphatic heterocycles. The van der Waals surface area contributed by atoms with Crippen LogP contribution in [0.2, 0.25) is 0 Å². The van der Waals surface area contributed by atoms with Gasteiger partial charge in [0.25, 0.3) is 0 Å². The van der Waals surface area contributed by atoms with E-state index in [0.717, 1.165) is 31.7 Å². The number of hydrogen-bond donors (Lipinski definition) is 0. The van der Waals surface area contributed by atoms with Crippen molar-refractivity contribution in [3.05, 3.63) is 49.3 Å². The molecule has 6 heteroatoms. The number of benzene rings is 1. The van der Waals surface area contributed by atoms with Crippen LogP contribution in [0.5, 0.6) is 0 Å². The maximum Gasteiger partial charge on any atom is 0.125 e. The number of halogens is 3. The summed E-state index contributed by atoms with van der Waals surface area (Å²) in [5.41, 5.74) is 2.09. The average molecular weight is 421 g/mol. The zero-order valence-corrected chi connectivity index (χ0v) is 14.5. The summed E-state index contributed by atoms with van der Waals surface area (Å²) in [7, 11) is 0. The van der Waals surface area contributed by atoms with Crippen LogP contribution in [0.3, 0.4) is 0 Å². The lowest BCUT2D eigenvalue weighted by molar-refractivity contribution is 0.789. The highest BCUT2D eigenvalue weighted by Gasteiger charge is 2.11. The van der Waals surface area contributed by atoms with E-state index in [2.05, 4.69) is 59.6 Å². The lowest BCUT2D eigenvalue weighted by atomic mass is 10.3. The number of nitrogens with zero attached hydrogens (tertiary/aromatic N) is 2. The Bertz CT molecular complexity index is 735. The Hall–Kier alpha value is -0.360. The molecule has 0 amide bonds. The van der Waals surface area contributed by atoms with E-state index in [1.165, 1.54) is 4.88 Å². The first kappa shape index (κ1) is 13.6. The second kappa shape index (κ2) is 5.56. The quantitative estimate of drug-likeness (QED) is 0.518. The van der Waals surface area contributed by atoms with Gasteiger partial charge in [0.2, 0.25) is 0 Å². The molecule has 0 unspecified atom stereocenters. The summed E-state index contributed by atoms with van der Waals surface area (Å²) in [6.45, 7) is 0.797.